The number of carbonyl (C=O) groups excluding carboxylic acids is 1. The number of hydrogen-bond donors (Lipinski definition) is 1. The van der Waals surface area contributed by atoms with Crippen molar-refractivity contribution in [2.75, 3.05) is 19.7 Å². The molecule has 1 aliphatic heterocycles. The zero-order valence-electron chi connectivity index (χ0n) is 14.2. The molecular weight excluding hydrogens is 298 g/mol. The number of ether oxygens (including phenoxy) is 1. The van der Waals surface area contributed by atoms with Crippen LogP contribution in [0, 0.1) is 19.8 Å². The molecule has 1 saturated heterocycles. The first-order valence-electron chi connectivity index (χ1n) is 7.94. The Balaban J connectivity index is 2.08. The average molecular weight is 323 g/mol. The summed E-state index contributed by atoms with van der Waals surface area (Å²) in [5.74, 6) is -0.624. The van der Waals surface area contributed by atoms with E-state index in [0.29, 0.717) is 12.5 Å². The normalized spacial score (nSPS) is 18.5. The van der Waals surface area contributed by atoms with E-state index in [9.17, 15) is 9.59 Å². The number of carboxylic acid groups (broad SMARTS) is 1. The average Bonchev–Trinajstić information content (AvgIpc) is 2.74. The van der Waals surface area contributed by atoms with Crippen LogP contribution in [0.25, 0.3) is 0 Å². The Morgan fingerprint density at radius 3 is 2.70 bits per heavy atom. The molecule has 0 unspecified atom stereocenters. The van der Waals surface area contributed by atoms with E-state index in [0.717, 1.165) is 23.5 Å². The third kappa shape index (κ3) is 4.10. The van der Waals surface area contributed by atoms with Gasteiger partial charge in [0.2, 0.25) is 5.91 Å². The van der Waals surface area contributed by atoms with Crippen molar-refractivity contribution in [3.63, 3.8) is 0 Å². The number of nitrogens with zero attached hydrogens (tertiary/aromatic N) is 3. The first-order valence-corrected chi connectivity index (χ1v) is 7.94. The minimum atomic E-state index is -1.03. The highest BCUT2D eigenvalue weighted by molar-refractivity contribution is 5.81. The number of carbonyl (C=O) groups is 2. The van der Waals surface area contributed by atoms with E-state index in [1.165, 1.54) is 0 Å². The van der Waals surface area contributed by atoms with Crippen molar-refractivity contribution < 1.29 is 19.4 Å². The fourth-order valence-corrected chi connectivity index (χ4v) is 2.80. The molecule has 1 aromatic heterocycles. The van der Waals surface area contributed by atoms with Gasteiger partial charge in [0, 0.05) is 24.3 Å². The quantitative estimate of drug-likeness (QED) is 0.874. The maximum Gasteiger partial charge on any atom is 0.334 e. The van der Waals surface area contributed by atoms with Crippen LogP contribution in [0.15, 0.2) is 0 Å². The highest BCUT2D eigenvalue weighted by Gasteiger charge is 2.29. The van der Waals surface area contributed by atoms with Crippen molar-refractivity contribution in [3.05, 3.63) is 17.0 Å². The van der Waals surface area contributed by atoms with Crippen LogP contribution in [0.2, 0.25) is 0 Å². The summed E-state index contributed by atoms with van der Waals surface area (Å²) in [6.45, 7) is 9.75. The molecule has 1 amide bonds. The molecule has 7 nitrogen and oxygen atoms in total. The van der Waals surface area contributed by atoms with Gasteiger partial charge >= 0.3 is 5.97 Å². The third-order valence-electron chi connectivity index (χ3n) is 4.09. The first-order chi connectivity index (χ1) is 10.8. The lowest BCUT2D eigenvalue weighted by molar-refractivity contribution is -0.159. The highest BCUT2D eigenvalue weighted by atomic mass is 16.5. The Kier molecular flexibility index (Phi) is 5.41. The molecule has 1 aliphatic rings. The van der Waals surface area contributed by atoms with E-state index in [-0.39, 0.29) is 25.5 Å². The number of morpholine rings is 1. The Labute approximate surface area is 136 Å². The third-order valence-corrected chi connectivity index (χ3v) is 4.09. The van der Waals surface area contributed by atoms with E-state index < -0.39 is 12.1 Å². The molecule has 2 heterocycles. The number of hydrogen-bond acceptors (Lipinski definition) is 4. The molecule has 0 aromatic carbocycles. The lowest BCUT2D eigenvalue weighted by Gasteiger charge is -2.31. The summed E-state index contributed by atoms with van der Waals surface area (Å²) < 4.78 is 7.10. The Morgan fingerprint density at radius 2 is 2.09 bits per heavy atom. The topological polar surface area (TPSA) is 84.7 Å². The summed E-state index contributed by atoms with van der Waals surface area (Å²) >= 11 is 0. The van der Waals surface area contributed by atoms with Gasteiger partial charge in [-0.1, -0.05) is 13.8 Å². The predicted molar refractivity (Wildman–Crippen MR) is 84.2 cm³/mol. The van der Waals surface area contributed by atoms with E-state index in [1.54, 1.807) is 4.90 Å². The van der Waals surface area contributed by atoms with Gasteiger partial charge in [-0.3, -0.25) is 9.48 Å². The van der Waals surface area contributed by atoms with E-state index >= 15 is 0 Å². The highest BCUT2D eigenvalue weighted by Crippen LogP contribution is 2.17. The van der Waals surface area contributed by atoms with Crippen molar-refractivity contribution >= 4 is 11.9 Å². The molecule has 0 bridgehead atoms. The summed E-state index contributed by atoms with van der Waals surface area (Å²) in [6.07, 6.45) is -0.680. The van der Waals surface area contributed by atoms with Crippen molar-refractivity contribution in [1.29, 1.82) is 0 Å². The number of amides is 1. The van der Waals surface area contributed by atoms with Gasteiger partial charge in [-0.2, -0.15) is 5.10 Å². The van der Waals surface area contributed by atoms with Gasteiger partial charge in [-0.05, 0) is 19.8 Å². The molecule has 1 atom stereocenters. The first kappa shape index (κ1) is 17.5. The maximum atomic E-state index is 12.5. The van der Waals surface area contributed by atoms with Crippen molar-refractivity contribution in [3.8, 4) is 0 Å². The summed E-state index contributed by atoms with van der Waals surface area (Å²) in [4.78, 5) is 25.1. The van der Waals surface area contributed by atoms with Gasteiger partial charge < -0.3 is 14.7 Å². The minimum absolute atomic E-state index is 0.0742. The molecule has 7 heteroatoms. The molecule has 0 saturated carbocycles. The molecular formula is C16H25N3O4. The number of rotatable bonds is 5. The number of aromatic nitrogens is 2. The van der Waals surface area contributed by atoms with E-state index in [4.69, 9.17) is 9.84 Å². The van der Waals surface area contributed by atoms with Crippen LogP contribution in [0.3, 0.4) is 0 Å². The zero-order chi connectivity index (χ0) is 17.1. The monoisotopic (exact) mass is 323 g/mol. The van der Waals surface area contributed by atoms with Gasteiger partial charge in [0.1, 0.15) is 0 Å². The van der Waals surface area contributed by atoms with Crippen LogP contribution in [-0.4, -0.2) is 57.5 Å². The molecule has 2 rings (SSSR count). The van der Waals surface area contributed by atoms with Gasteiger partial charge in [0.05, 0.1) is 25.3 Å². The molecule has 1 N–H and O–H groups in total. The van der Waals surface area contributed by atoms with Gasteiger partial charge in [-0.25, -0.2) is 4.79 Å². The molecule has 23 heavy (non-hydrogen) atoms. The molecule has 0 aliphatic carbocycles. The fourth-order valence-electron chi connectivity index (χ4n) is 2.80. The molecule has 1 aromatic rings. The molecule has 0 spiro atoms. The maximum absolute atomic E-state index is 12.5. The van der Waals surface area contributed by atoms with Crippen LogP contribution in [0.4, 0.5) is 0 Å². The van der Waals surface area contributed by atoms with Crippen LogP contribution in [-0.2, 0) is 27.3 Å². The van der Waals surface area contributed by atoms with Gasteiger partial charge in [0.25, 0.3) is 0 Å². The molecule has 1 fully saturated rings. The summed E-state index contributed by atoms with van der Waals surface area (Å²) in [5, 5.41) is 13.5. The standard InChI is InChI=1S/C16H25N3O4/c1-10(2)8-19-12(4)13(11(3)17-19)7-15(20)18-5-6-23-14(9-18)16(21)22/h10,14H,5-9H2,1-4H3,(H,21,22)/t14-/m1/s1. The summed E-state index contributed by atoms with van der Waals surface area (Å²) in [6, 6.07) is 0. The number of carboxylic acids is 1. The number of aliphatic carboxylic acids is 1. The van der Waals surface area contributed by atoms with Crippen molar-refractivity contribution in [1.82, 2.24) is 14.7 Å². The summed E-state index contributed by atoms with van der Waals surface area (Å²) in [5.41, 5.74) is 2.81. The molecule has 128 valence electrons. The fraction of sp³-hybridized carbons (Fsp3) is 0.688. The SMILES string of the molecule is Cc1nn(CC(C)C)c(C)c1CC(=O)N1CCO[C@@H](C(=O)O)C1. The lowest BCUT2D eigenvalue weighted by atomic mass is 10.1. The van der Waals surface area contributed by atoms with Crippen LogP contribution < -0.4 is 0 Å². The Morgan fingerprint density at radius 1 is 1.39 bits per heavy atom. The van der Waals surface area contributed by atoms with Crippen LogP contribution in [0.1, 0.15) is 30.8 Å². The smallest absolute Gasteiger partial charge is 0.334 e. The summed E-state index contributed by atoms with van der Waals surface area (Å²) in [7, 11) is 0. The minimum Gasteiger partial charge on any atom is -0.479 e. The molecule has 0 radical (unpaired) electrons. The second kappa shape index (κ2) is 7.12. The predicted octanol–water partition coefficient (Wildman–Crippen LogP) is 1.01. The number of aryl methyl sites for hydroxylation is 1. The van der Waals surface area contributed by atoms with Crippen molar-refractivity contribution in [2.24, 2.45) is 5.92 Å². The lowest BCUT2D eigenvalue weighted by Crippen LogP contribution is -2.49. The zero-order valence-corrected chi connectivity index (χ0v) is 14.2. The Bertz CT molecular complexity index is 594. The Hall–Kier alpha value is -1.89. The van der Waals surface area contributed by atoms with Crippen LogP contribution in [0.5, 0.6) is 0 Å². The van der Waals surface area contributed by atoms with Gasteiger partial charge in [-0.15, -0.1) is 0 Å². The second-order valence-electron chi connectivity index (χ2n) is 6.44. The van der Waals surface area contributed by atoms with E-state index in [1.807, 2.05) is 18.5 Å². The van der Waals surface area contributed by atoms with Gasteiger partial charge in [0.15, 0.2) is 6.10 Å². The van der Waals surface area contributed by atoms with Crippen LogP contribution >= 0.6 is 0 Å². The largest absolute Gasteiger partial charge is 0.479 e. The van der Waals surface area contributed by atoms with Crippen molar-refractivity contribution in [2.45, 2.75) is 46.8 Å². The van der Waals surface area contributed by atoms with E-state index in [2.05, 4.69) is 18.9 Å². The second-order valence-corrected chi connectivity index (χ2v) is 6.44.